The first-order valence-corrected chi connectivity index (χ1v) is 8.37. The zero-order valence-corrected chi connectivity index (χ0v) is 11.7. The molecule has 1 saturated carbocycles. The first-order chi connectivity index (χ1) is 8.24. The molecule has 1 aliphatic heterocycles. The number of ether oxygens (including phenoxy) is 1. The van der Waals surface area contributed by atoms with E-state index in [1.165, 1.54) is 31.3 Å². The molecular formula is C14H24O2S. The van der Waals surface area contributed by atoms with Gasteiger partial charge in [-0.2, -0.15) is 0 Å². The maximum Gasteiger partial charge on any atom is 0.0929 e. The lowest BCUT2D eigenvalue weighted by Crippen LogP contribution is -2.34. The molecule has 0 amide bonds. The lowest BCUT2D eigenvalue weighted by atomic mass is 9.80. The van der Waals surface area contributed by atoms with Crippen molar-refractivity contribution >= 4 is 10.8 Å². The van der Waals surface area contributed by atoms with E-state index >= 15 is 0 Å². The second-order valence-corrected chi connectivity index (χ2v) is 7.19. The number of allylic oxidation sites excluding steroid dienone is 1. The summed E-state index contributed by atoms with van der Waals surface area (Å²) in [5.74, 6) is 1.74. The van der Waals surface area contributed by atoms with E-state index in [-0.39, 0.29) is 0 Å². The predicted molar refractivity (Wildman–Crippen MR) is 72.3 cm³/mol. The van der Waals surface area contributed by atoms with Crippen molar-refractivity contribution in [3.8, 4) is 0 Å². The van der Waals surface area contributed by atoms with Crippen LogP contribution >= 0.6 is 0 Å². The van der Waals surface area contributed by atoms with Crippen LogP contribution in [0.15, 0.2) is 11.8 Å². The Morgan fingerprint density at radius 3 is 2.53 bits per heavy atom. The van der Waals surface area contributed by atoms with Crippen LogP contribution in [0.25, 0.3) is 0 Å². The summed E-state index contributed by atoms with van der Waals surface area (Å²) in [6.45, 7) is 3.06. The van der Waals surface area contributed by atoms with Gasteiger partial charge in [0.15, 0.2) is 0 Å². The highest BCUT2D eigenvalue weighted by Crippen LogP contribution is 2.35. The Kier molecular flexibility index (Phi) is 4.66. The SMILES string of the molecule is CCC1(COC=C2CCCC2)CCS(=O)CC1. The van der Waals surface area contributed by atoms with Gasteiger partial charge in [-0.15, -0.1) is 0 Å². The smallest absolute Gasteiger partial charge is 0.0929 e. The van der Waals surface area contributed by atoms with Gasteiger partial charge in [0.2, 0.25) is 0 Å². The molecule has 0 unspecified atom stereocenters. The van der Waals surface area contributed by atoms with E-state index in [1.54, 1.807) is 0 Å². The average Bonchev–Trinajstić information content (AvgIpc) is 2.85. The average molecular weight is 256 g/mol. The first-order valence-electron chi connectivity index (χ1n) is 6.89. The predicted octanol–water partition coefficient (Wildman–Crippen LogP) is 3.40. The minimum absolute atomic E-state index is 0.295. The Bertz CT molecular complexity index is 291. The Hall–Kier alpha value is -0.310. The third-order valence-corrected chi connectivity index (χ3v) is 5.67. The summed E-state index contributed by atoms with van der Waals surface area (Å²) in [5, 5.41) is 0. The van der Waals surface area contributed by atoms with Gasteiger partial charge in [0.25, 0.3) is 0 Å². The van der Waals surface area contributed by atoms with E-state index < -0.39 is 10.8 Å². The molecule has 98 valence electrons. The zero-order chi connectivity index (χ0) is 12.1. The summed E-state index contributed by atoms with van der Waals surface area (Å²) in [6, 6.07) is 0. The van der Waals surface area contributed by atoms with Crippen LogP contribution in [-0.2, 0) is 15.5 Å². The van der Waals surface area contributed by atoms with Gasteiger partial charge in [-0.3, -0.25) is 4.21 Å². The van der Waals surface area contributed by atoms with Crippen molar-refractivity contribution in [3.63, 3.8) is 0 Å². The topological polar surface area (TPSA) is 26.3 Å². The van der Waals surface area contributed by atoms with Gasteiger partial charge >= 0.3 is 0 Å². The Morgan fingerprint density at radius 1 is 1.29 bits per heavy atom. The third-order valence-electron chi connectivity index (χ3n) is 4.36. The molecule has 1 heterocycles. The summed E-state index contributed by atoms with van der Waals surface area (Å²) in [4.78, 5) is 0. The second-order valence-electron chi connectivity index (χ2n) is 5.50. The number of rotatable bonds is 4. The molecule has 0 aromatic carbocycles. The molecule has 0 aromatic heterocycles. The van der Waals surface area contributed by atoms with Gasteiger partial charge < -0.3 is 4.74 Å². The van der Waals surface area contributed by atoms with Gasteiger partial charge in [-0.1, -0.05) is 6.92 Å². The lowest BCUT2D eigenvalue weighted by molar-refractivity contribution is 0.0922. The van der Waals surface area contributed by atoms with Crippen LogP contribution in [0.3, 0.4) is 0 Å². The molecule has 2 nitrogen and oxygen atoms in total. The zero-order valence-electron chi connectivity index (χ0n) is 10.9. The minimum Gasteiger partial charge on any atom is -0.501 e. The van der Waals surface area contributed by atoms with Crippen molar-refractivity contribution in [3.05, 3.63) is 11.8 Å². The molecule has 0 spiro atoms. The molecule has 0 N–H and O–H groups in total. The summed E-state index contributed by atoms with van der Waals surface area (Å²) < 4.78 is 17.2. The normalized spacial score (nSPS) is 33.7. The highest BCUT2D eigenvalue weighted by atomic mass is 32.2. The van der Waals surface area contributed by atoms with Crippen LogP contribution in [0.1, 0.15) is 51.9 Å². The standard InChI is InChI=1S/C14H24O2S/c1-2-14(7-9-17(15)10-8-14)12-16-11-13-5-3-4-6-13/h11H,2-10,12H2,1H3. The van der Waals surface area contributed by atoms with E-state index in [2.05, 4.69) is 6.92 Å². The maximum atomic E-state index is 11.4. The fourth-order valence-electron chi connectivity index (χ4n) is 2.77. The van der Waals surface area contributed by atoms with Crippen molar-refractivity contribution in [2.24, 2.45) is 5.41 Å². The highest BCUT2D eigenvalue weighted by Gasteiger charge is 2.33. The fraction of sp³-hybridized carbons (Fsp3) is 0.857. The molecule has 0 aromatic rings. The Labute approximate surface area is 107 Å². The van der Waals surface area contributed by atoms with Crippen LogP contribution in [0.4, 0.5) is 0 Å². The molecular weight excluding hydrogens is 232 g/mol. The number of hydrogen-bond donors (Lipinski definition) is 0. The van der Waals surface area contributed by atoms with Gasteiger partial charge in [-0.05, 0) is 50.5 Å². The minimum atomic E-state index is -0.567. The fourth-order valence-corrected chi connectivity index (χ4v) is 4.30. The van der Waals surface area contributed by atoms with Crippen molar-refractivity contribution in [2.75, 3.05) is 18.1 Å². The van der Waals surface area contributed by atoms with Gasteiger partial charge in [0.05, 0.1) is 12.9 Å². The first kappa shape index (κ1) is 13.1. The molecule has 0 radical (unpaired) electrons. The van der Waals surface area contributed by atoms with Gasteiger partial charge in [0, 0.05) is 27.7 Å². The van der Waals surface area contributed by atoms with E-state index in [1.807, 2.05) is 6.26 Å². The molecule has 3 heteroatoms. The van der Waals surface area contributed by atoms with Crippen LogP contribution in [0.5, 0.6) is 0 Å². The molecule has 1 saturated heterocycles. The lowest BCUT2D eigenvalue weighted by Gasteiger charge is -2.35. The maximum absolute atomic E-state index is 11.4. The van der Waals surface area contributed by atoms with Crippen LogP contribution in [-0.4, -0.2) is 22.3 Å². The van der Waals surface area contributed by atoms with Gasteiger partial charge in [-0.25, -0.2) is 0 Å². The summed E-state index contributed by atoms with van der Waals surface area (Å²) in [6.07, 6.45) is 10.4. The van der Waals surface area contributed by atoms with E-state index in [0.29, 0.717) is 5.41 Å². The largest absolute Gasteiger partial charge is 0.501 e. The van der Waals surface area contributed by atoms with Crippen LogP contribution in [0.2, 0.25) is 0 Å². The van der Waals surface area contributed by atoms with Crippen molar-refractivity contribution in [1.29, 1.82) is 0 Å². The molecule has 1 aliphatic carbocycles. The Morgan fingerprint density at radius 2 is 1.94 bits per heavy atom. The van der Waals surface area contributed by atoms with E-state index in [0.717, 1.165) is 37.4 Å². The third kappa shape index (κ3) is 3.57. The van der Waals surface area contributed by atoms with Crippen molar-refractivity contribution in [1.82, 2.24) is 0 Å². The Balaban J connectivity index is 1.82. The van der Waals surface area contributed by atoms with Crippen molar-refractivity contribution in [2.45, 2.75) is 51.9 Å². The summed E-state index contributed by atoms with van der Waals surface area (Å²) in [7, 11) is -0.567. The van der Waals surface area contributed by atoms with E-state index in [9.17, 15) is 4.21 Å². The molecule has 2 fully saturated rings. The monoisotopic (exact) mass is 256 g/mol. The van der Waals surface area contributed by atoms with Gasteiger partial charge in [0.1, 0.15) is 0 Å². The number of hydrogen-bond acceptors (Lipinski definition) is 2. The second kappa shape index (κ2) is 6.03. The molecule has 0 bridgehead atoms. The molecule has 2 rings (SSSR count). The molecule has 17 heavy (non-hydrogen) atoms. The molecule has 2 aliphatic rings. The summed E-state index contributed by atoms with van der Waals surface area (Å²) >= 11 is 0. The summed E-state index contributed by atoms with van der Waals surface area (Å²) in [5.41, 5.74) is 1.78. The highest BCUT2D eigenvalue weighted by molar-refractivity contribution is 7.85. The van der Waals surface area contributed by atoms with Crippen molar-refractivity contribution < 1.29 is 8.95 Å². The van der Waals surface area contributed by atoms with E-state index in [4.69, 9.17) is 4.74 Å². The van der Waals surface area contributed by atoms with Crippen LogP contribution < -0.4 is 0 Å². The quantitative estimate of drug-likeness (QED) is 0.721. The van der Waals surface area contributed by atoms with Crippen LogP contribution in [0, 0.1) is 5.41 Å². The molecule has 0 atom stereocenters.